The molecule has 0 unspecified atom stereocenters. The Morgan fingerprint density at radius 2 is 1.87 bits per heavy atom. The monoisotopic (exact) mass is 408 g/mol. The van der Waals surface area contributed by atoms with Crippen LogP contribution in [0.15, 0.2) is 59.1 Å². The number of hydrogen-bond acceptors (Lipinski definition) is 5. The van der Waals surface area contributed by atoms with Crippen LogP contribution in [0.3, 0.4) is 0 Å². The fraction of sp³-hybridized carbons (Fsp3) is 0.348. The van der Waals surface area contributed by atoms with Crippen molar-refractivity contribution in [3.8, 4) is 5.75 Å². The van der Waals surface area contributed by atoms with E-state index in [2.05, 4.69) is 0 Å². The summed E-state index contributed by atoms with van der Waals surface area (Å²) in [6.45, 7) is 2.36. The number of amides is 1. The molecule has 2 heterocycles. The van der Waals surface area contributed by atoms with Crippen LogP contribution >= 0.6 is 0 Å². The lowest BCUT2D eigenvalue weighted by Crippen LogP contribution is -2.39. The SMILES string of the molecule is NCCCOc1ccc(C(=O)N2CCC(c3cc4ccccc4o[n+]3=O)CC2)cc1. The highest BCUT2D eigenvalue weighted by Crippen LogP contribution is 2.28. The third-order valence-electron chi connectivity index (χ3n) is 5.53. The number of nitrogens with zero attached hydrogens (tertiary/aromatic N) is 2. The normalized spacial score (nSPS) is 14.8. The Kier molecular flexibility index (Phi) is 6.09. The molecule has 0 radical (unpaired) electrons. The first-order chi connectivity index (χ1) is 14.7. The number of ether oxygens (including phenoxy) is 1. The first-order valence-corrected chi connectivity index (χ1v) is 10.3. The second-order valence-electron chi connectivity index (χ2n) is 7.54. The highest BCUT2D eigenvalue weighted by molar-refractivity contribution is 5.94. The minimum atomic E-state index is 0.000146. The maximum atomic E-state index is 12.8. The van der Waals surface area contributed by atoms with Gasteiger partial charge in [-0.15, -0.1) is 0 Å². The Balaban J connectivity index is 1.39. The lowest BCUT2D eigenvalue weighted by atomic mass is 9.92. The fourth-order valence-corrected chi connectivity index (χ4v) is 3.83. The van der Waals surface area contributed by atoms with Gasteiger partial charge in [0.15, 0.2) is 0 Å². The van der Waals surface area contributed by atoms with Gasteiger partial charge in [-0.05, 0) is 56.1 Å². The van der Waals surface area contributed by atoms with E-state index in [-0.39, 0.29) is 11.8 Å². The molecule has 0 saturated carbocycles. The Bertz CT molecular complexity index is 1070. The van der Waals surface area contributed by atoms with Crippen molar-refractivity contribution in [2.24, 2.45) is 5.73 Å². The van der Waals surface area contributed by atoms with Crippen LogP contribution in [0.4, 0.5) is 0 Å². The molecule has 1 aliphatic heterocycles. The van der Waals surface area contributed by atoms with Crippen molar-refractivity contribution in [1.82, 2.24) is 4.90 Å². The number of piperidine rings is 1. The molecule has 0 aliphatic carbocycles. The van der Waals surface area contributed by atoms with Gasteiger partial charge < -0.3 is 15.4 Å². The Morgan fingerprint density at radius 1 is 1.13 bits per heavy atom. The molecule has 1 aliphatic rings. The Morgan fingerprint density at radius 3 is 2.60 bits per heavy atom. The summed E-state index contributed by atoms with van der Waals surface area (Å²) in [6.07, 6.45) is 2.24. The highest BCUT2D eigenvalue weighted by atomic mass is 16.6. The lowest BCUT2D eigenvalue weighted by molar-refractivity contribution is -0.709. The summed E-state index contributed by atoms with van der Waals surface area (Å²) < 4.78 is 11.6. The number of carbonyl (C=O) groups is 1. The molecule has 30 heavy (non-hydrogen) atoms. The fourth-order valence-electron chi connectivity index (χ4n) is 3.83. The van der Waals surface area contributed by atoms with Gasteiger partial charge >= 0.3 is 0 Å². The summed E-state index contributed by atoms with van der Waals surface area (Å²) in [7, 11) is 0. The van der Waals surface area contributed by atoms with E-state index in [9.17, 15) is 9.70 Å². The zero-order chi connectivity index (χ0) is 20.9. The van der Waals surface area contributed by atoms with Crippen molar-refractivity contribution in [3.63, 3.8) is 0 Å². The molecule has 7 nitrogen and oxygen atoms in total. The molecule has 156 valence electrons. The predicted molar refractivity (Wildman–Crippen MR) is 113 cm³/mol. The number of nitrogens with two attached hydrogens (primary N) is 1. The topological polar surface area (TPSA) is 91.7 Å². The van der Waals surface area contributed by atoms with Crippen LogP contribution in [-0.4, -0.2) is 37.0 Å². The number of rotatable bonds is 6. The van der Waals surface area contributed by atoms with Gasteiger partial charge in [-0.25, -0.2) is 0 Å². The number of fused-ring (bicyclic) bond motifs is 1. The Labute approximate surface area is 174 Å². The molecule has 0 spiro atoms. The standard InChI is InChI=1S/C23H26N3O4/c24-12-3-15-29-20-8-6-18(7-9-20)23(27)25-13-10-17(11-14-25)21-16-19-4-1-2-5-22(19)30-26(21)28/h1-2,4-9,16-17H,3,10-15,24H2/q+1. The van der Waals surface area contributed by atoms with Crippen LogP contribution in [0.2, 0.25) is 0 Å². The molecule has 2 N–H and O–H groups in total. The van der Waals surface area contributed by atoms with Crippen LogP contribution in [0.25, 0.3) is 11.0 Å². The number of hydrogen-bond donors (Lipinski definition) is 1. The van der Waals surface area contributed by atoms with E-state index in [4.69, 9.17) is 15.0 Å². The number of para-hydroxylation sites is 1. The third kappa shape index (κ3) is 4.36. The maximum Gasteiger partial charge on any atom is 0.297 e. The zero-order valence-electron chi connectivity index (χ0n) is 16.8. The van der Waals surface area contributed by atoms with Gasteiger partial charge in [0, 0.05) is 30.1 Å². The third-order valence-corrected chi connectivity index (χ3v) is 5.53. The van der Waals surface area contributed by atoms with Crippen molar-refractivity contribution < 1.29 is 18.7 Å². The van der Waals surface area contributed by atoms with Gasteiger partial charge in [0.1, 0.15) is 5.75 Å². The maximum absolute atomic E-state index is 12.8. The molecule has 4 rings (SSSR count). The molecule has 7 heteroatoms. The molecular weight excluding hydrogens is 382 g/mol. The van der Waals surface area contributed by atoms with E-state index in [1.807, 2.05) is 41.3 Å². The van der Waals surface area contributed by atoms with E-state index in [1.54, 1.807) is 18.2 Å². The lowest BCUT2D eigenvalue weighted by Gasteiger charge is -2.30. The zero-order valence-corrected chi connectivity index (χ0v) is 16.8. The molecule has 1 fully saturated rings. The highest BCUT2D eigenvalue weighted by Gasteiger charge is 2.31. The van der Waals surface area contributed by atoms with Crippen LogP contribution in [0, 0.1) is 4.91 Å². The molecule has 3 aromatic rings. The van der Waals surface area contributed by atoms with E-state index >= 15 is 0 Å². The Hall–Kier alpha value is -3.19. The van der Waals surface area contributed by atoms with Gasteiger partial charge in [-0.1, -0.05) is 18.2 Å². The number of benzene rings is 2. The largest absolute Gasteiger partial charge is 0.494 e. The van der Waals surface area contributed by atoms with Crippen LogP contribution in [0.1, 0.15) is 41.2 Å². The molecule has 1 amide bonds. The van der Waals surface area contributed by atoms with Crippen LogP contribution < -0.4 is 15.1 Å². The van der Waals surface area contributed by atoms with Crippen molar-refractivity contribution in [3.05, 3.63) is 70.8 Å². The quantitative estimate of drug-likeness (QED) is 0.633. The summed E-state index contributed by atoms with van der Waals surface area (Å²) in [4.78, 5) is 27.0. The van der Waals surface area contributed by atoms with Crippen molar-refractivity contribution in [2.75, 3.05) is 26.2 Å². The second-order valence-corrected chi connectivity index (χ2v) is 7.54. The van der Waals surface area contributed by atoms with E-state index in [1.165, 1.54) is 0 Å². The first-order valence-electron chi connectivity index (χ1n) is 10.3. The summed E-state index contributed by atoms with van der Waals surface area (Å²) in [6, 6.07) is 16.6. The smallest absolute Gasteiger partial charge is 0.297 e. The average Bonchev–Trinajstić information content (AvgIpc) is 2.79. The van der Waals surface area contributed by atoms with Gasteiger partial charge in [-0.3, -0.25) is 4.79 Å². The van der Waals surface area contributed by atoms with E-state index < -0.39 is 0 Å². The van der Waals surface area contributed by atoms with Crippen LogP contribution in [-0.2, 0) is 0 Å². The molecule has 0 atom stereocenters. The van der Waals surface area contributed by atoms with Crippen LogP contribution in [0.5, 0.6) is 5.75 Å². The summed E-state index contributed by atoms with van der Waals surface area (Å²) in [5.41, 5.74) is 7.30. The number of aromatic nitrogens is 1. The average molecular weight is 408 g/mol. The first kappa shape index (κ1) is 20.1. The summed E-state index contributed by atoms with van der Waals surface area (Å²) in [5, 5.41) is 0.909. The van der Waals surface area contributed by atoms with Gasteiger partial charge in [-0.2, -0.15) is 4.52 Å². The van der Waals surface area contributed by atoms with Crippen molar-refractivity contribution in [1.29, 1.82) is 0 Å². The van der Waals surface area contributed by atoms with Gasteiger partial charge in [0.05, 0.1) is 17.4 Å². The molecule has 1 saturated heterocycles. The molecular formula is C23H26N3O4+. The van der Waals surface area contributed by atoms with Gasteiger partial charge in [0.2, 0.25) is 5.58 Å². The summed E-state index contributed by atoms with van der Waals surface area (Å²) >= 11 is 0. The predicted octanol–water partition coefficient (Wildman–Crippen LogP) is 3.09. The van der Waals surface area contributed by atoms with E-state index in [0.29, 0.717) is 47.7 Å². The molecule has 0 bridgehead atoms. The van der Waals surface area contributed by atoms with Crippen molar-refractivity contribution >= 4 is 16.9 Å². The summed E-state index contributed by atoms with van der Waals surface area (Å²) in [5.74, 6) is 0.803. The second kappa shape index (κ2) is 9.09. The minimum Gasteiger partial charge on any atom is -0.494 e. The van der Waals surface area contributed by atoms with Gasteiger partial charge in [0.25, 0.3) is 16.2 Å². The number of likely N-dealkylation sites (tertiary alicyclic amines) is 1. The molecule has 1 aromatic heterocycles. The molecule has 2 aromatic carbocycles. The number of carbonyl (C=O) groups excluding carboxylic acids is 1. The van der Waals surface area contributed by atoms with E-state index in [0.717, 1.165) is 30.4 Å². The minimum absolute atomic E-state index is 0.000146. The van der Waals surface area contributed by atoms with Crippen molar-refractivity contribution in [2.45, 2.75) is 25.2 Å².